The lowest BCUT2D eigenvalue weighted by Gasteiger charge is -2.10. The van der Waals surface area contributed by atoms with Gasteiger partial charge in [0.2, 0.25) is 0 Å². The van der Waals surface area contributed by atoms with Gasteiger partial charge in [0, 0.05) is 24.2 Å². The molecule has 1 aromatic carbocycles. The number of hydrogen-bond donors (Lipinski definition) is 2. The highest BCUT2D eigenvalue weighted by atomic mass is 16.6. The zero-order valence-corrected chi connectivity index (χ0v) is 10.4. The molecule has 0 heterocycles. The van der Waals surface area contributed by atoms with Gasteiger partial charge in [-0.3, -0.25) is 14.9 Å². The van der Waals surface area contributed by atoms with Crippen molar-refractivity contribution in [1.29, 1.82) is 0 Å². The summed E-state index contributed by atoms with van der Waals surface area (Å²) in [6.45, 7) is 0.499. The minimum atomic E-state index is -0.524. The molecule has 2 atom stereocenters. The van der Waals surface area contributed by atoms with E-state index in [1.54, 1.807) is 6.07 Å². The van der Waals surface area contributed by atoms with Crippen LogP contribution in [0, 0.1) is 16.0 Å². The fourth-order valence-corrected chi connectivity index (χ4v) is 2.33. The van der Waals surface area contributed by atoms with Gasteiger partial charge in [-0.15, -0.1) is 0 Å². The zero-order chi connectivity index (χ0) is 13.8. The molecule has 1 amide bonds. The second-order valence-electron chi connectivity index (χ2n) is 4.85. The Hall–Kier alpha value is -1.95. The van der Waals surface area contributed by atoms with Crippen molar-refractivity contribution in [3.05, 3.63) is 39.9 Å². The summed E-state index contributed by atoms with van der Waals surface area (Å²) in [7, 11) is 0. The number of aliphatic hydroxyl groups excluding tert-OH is 1. The summed E-state index contributed by atoms with van der Waals surface area (Å²) >= 11 is 0. The number of nitrogens with one attached hydrogen (secondary N) is 1. The highest BCUT2D eigenvalue weighted by Crippen LogP contribution is 2.24. The Balaban J connectivity index is 1.92. The number of carbonyl (C=O) groups is 1. The number of benzene rings is 1. The van der Waals surface area contributed by atoms with E-state index >= 15 is 0 Å². The third-order valence-corrected chi connectivity index (χ3v) is 3.38. The lowest BCUT2D eigenvalue weighted by atomic mass is 10.1. The summed E-state index contributed by atoms with van der Waals surface area (Å²) in [5, 5.41) is 22.8. The molecule has 0 aliphatic heterocycles. The van der Waals surface area contributed by atoms with Crippen molar-refractivity contribution >= 4 is 11.6 Å². The fourth-order valence-electron chi connectivity index (χ4n) is 2.33. The molecule has 1 aromatic rings. The van der Waals surface area contributed by atoms with E-state index in [0.29, 0.717) is 13.0 Å². The molecule has 0 spiro atoms. The van der Waals surface area contributed by atoms with Crippen LogP contribution in [0.2, 0.25) is 0 Å². The van der Waals surface area contributed by atoms with Crippen LogP contribution in [0.4, 0.5) is 5.69 Å². The number of hydrogen-bond acceptors (Lipinski definition) is 4. The molecule has 0 bridgehead atoms. The Morgan fingerprint density at radius 3 is 2.89 bits per heavy atom. The van der Waals surface area contributed by atoms with Crippen molar-refractivity contribution in [2.75, 3.05) is 6.54 Å². The smallest absolute Gasteiger partial charge is 0.270 e. The minimum absolute atomic E-state index is 0.0936. The quantitative estimate of drug-likeness (QED) is 0.636. The highest BCUT2D eigenvalue weighted by molar-refractivity contribution is 5.94. The van der Waals surface area contributed by atoms with Gasteiger partial charge in [0.05, 0.1) is 11.0 Å². The second-order valence-corrected chi connectivity index (χ2v) is 4.85. The number of carbonyl (C=O) groups excluding carboxylic acids is 1. The molecule has 1 saturated carbocycles. The largest absolute Gasteiger partial charge is 0.393 e. The summed E-state index contributed by atoms with van der Waals surface area (Å²) in [5.74, 6) is -0.0252. The van der Waals surface area contributed by atoms with Crippen LogP contribution in [0.3, 0.4) is 0 Å². The third kappa shape index (κ3) is 3.51. The molecule has 0 aromatic heterocycles. The van der Waals surface area contributed by atoms with Gasteiger partial charge in [0.15, 0.2) is 0 Å². The summed E-state index contributed by atoms with van der Waals surface area (Å²) < 4.78 is 0. The van der Waals surface area contributed by atoms with Crippen molar-refractivity contribution in [3.8, 4) is 0 Å². The number of nitro groups is 1. The highest BCUT2D eigenvalue weighted by Gasteiger charge is 2.23. The van der Waals surface area contributed by atoms with Crippen molar-refractivity contribution in [2.45, 2.75) is 25.4 Å². The molecule has 1 aliphatic carbocycles. The summed E-state index contributed by atoms with van der Waals surface area (Å²) in [6, 6.07) is 5.65. The fraction of sp³-hybridized carbons (Fsp3) is 0.462. The van der Waals surface area contributed by atoms with E-state index in [2.05, 4.69) is 5.32 Å². The molecule has 1 fully saturated rings. The van der Waals surface area contributed by atoms with Gasteiger partial charge in [0.1, 0.15) is 0 Å². The van der Waals surface area contributed by atoms with E-state index in [-0.39, 0.29) is 29.2 Å². The number of nitro benzene ring substituents is 1. The number of rotatable bonds is 4. The topological polar surface area (TPSA) is 92.5 Å². The van der Waals surface area contributed by atoms with E-state index in [1.165, 1.54) is 18.2 Å². The molecule has 2 N–H and O–H groups in total. The molecule has 2 rings (SSSR count). The van der Waals surface area contributed by atoms with Crippen LogP contribution >= 0.6 is 0 Å². The molecular weight excluding hydrogens is 248 g/mol. The van der Waals surface area contributed by atoms with Crippen LogP contribution in [-0.4, -0.2) is 28.6 Å². The van der Waals surface area contributed by atoms with Crippen LogP contribution in [0.25, 0.3) is 0 Å². The monoisotopic (exact) mass is 264 g/mol. The molecule has 0 radical (unpaired) electrons. The van der Waals surface area contributed by atoms with Crippen LogP contribution in [0.15, 0.2) is 24.3 Å². The van der Waals surface area contributed by atoms with Crippen molar-refractivity contribution in [1.82, 2.24) is 5.32 Å². The van der Waals surface area contributed by atoms with Crippen molar-refractivity contribution in [3.63, 3.8) is 0 Å². The first kappa shape index (κ1) is 13.5. The Kier molecular flexibility index (Phi) is 4.11. The molecule has 1 aliphatic rings. The molecule has 6 nitrogen and oxygen atoms in total. The van der Waals surface area contributed by atoms with E-state index < -0.39 is 4.92 Å². The third-order valence-electron chi connectivity index (χ3n) is 3.38. The summed E-state index contributed by atoms with van der Waals surface area (Å²) in [5.41, 5.74) is 0.191. The second kappa shape index (κ2) is 5.79. The van der Waals surface area contributed by atoms with Crippen LogP contribution in [-0.2, 0) is 0 Å². The first-order valence-corrected chi connectivity index (χ1v) is 6.27. The number of nitrogens with zero attached hydrogens (tertiary/aromatic N) is 1. The van der Waals surface area contributed by atoms with Crippen LogP contribution in [0.1, 0.15) is 29.6 Å². The lowest BCUT2D eigenvalue weighted by molar-refractivity contribution is -0.384. The Morgan fingerprint density at radius 1 is 1.47 bits per heavy atom. The maximum atomic E-state index is 11.9. The number of aliphatic hydroxyl groups is 1. The van der Waals surface area contributed by atoms with Crippen molar-refractivity contribution in [2.24, 2.45) is 5.92 Å². The first-order chi connectivity index (χ1) is 9.06. The van der Waals surface area contributed by atoms with Gasteiger partial charge in [-0.05, 0) is 31.2 Å². The van der Waals surface area contributed by atoms with Gasteiger partial charge in [0.25, 0.3) is 11.6 Å². The standard InChI is InChI=1S/C13H16N2O4/c16-12-5-4-9(6-12)8-14-13(17)10-2-1-3-11(7-10)15(18)19/h1-3,7,9,12,16H,4-6,8H2,(H,14,17). The average Bonchev–Trinajstić information content (AvgIpc) is 2.82. The predicted octanol–water partition coefficient (Wildman–Crippen LogP) is 1.49. The molecule has 102 valence electrons. The van der Waals surface area contributed by atoms with E-state index in [4.69, 9.17) is 0 Å². The normalized spacial score (nSPS) is 22.2. The molecule has 19 heavy (non-hydrogen) atoms. The Bertz CT molecular complexity index is 489. The predicted molar refractivity (Wildman–Crippen MR) is 68.8 cm³/mol. The van der Waals surface area contributed by atoms with Gasteiger partial charge < -0.3 is 10.4 Å². The van der Waals surface area contributed by atoms with Crippen LogP contribution in [0.5, 0.6) is 0 Å². The number of amides is 1. The van der Waals surface area contributed by atoms with Crippen LogP contribution < -0.4 is 5.32 Å². The maximum absolute atomic E-state index is 11.9. The summed E-state index contributed by atoms with van der Waals surface area (Å²) in [4.78, 5) is 22.0. The van der Waals surface area contributed by atoms with Gasteiger partial charge in [-0.2, -0.15) is 0 Å². The van der Waals surface area contributed by atoms with E-state index in [1.807, 2.05) is 0 Å². The SMILES string of the molecule is O=C(NCC1CCC(O)C1)c1cccc([N+](=O)[O-])c1. The van der Waals surface area contributed by atoms with E-state index in [0.717, 1.165) is 12.8 Å². The zero-order valence-electron chi connectivity index (χ0n) is 10.4. The minimum Gasteiger partial charge on any atom is -0.393 e. The van der Waals surface area contributed by atoms with Crippen molar-refractivity contribution < 1.29 is 14.8 Å². The van der Waals surface area contributed by atoms with E-state index in [9.17, 15) is 20.0 Å². The van der Waals surface area contributed by atoms with Gasteiger partial charge >= 0.3 is 0 Å². The molecular formula is C13H16N2O4. The van der Waals surface area contributed by atoms with Gasteiger partial charge in [-0.1, -0.05) is 6.07 Å². The van der Waals surface area contributed by atoms with Gasteiger partial charge in [-0.25, -0.2) is 0 Å². The summed E-state index contributed by atoms with van der Waals surface area (Å²) in [6.07, 6.45) is 2.11. The number of non-ortho nitro benzene ring substituents is 1. The Labute approximate surface area is 110 Å². The maximum Gasteiger partial charge on any atom is 0.270 e. The molecule has 2 unspecified atom stereocenters. The first-order valence-electron chi connectivity index (χ1n) is 6.27. The average molecular weight is 264 g/mol. The molecule has 0 saturated heterocycles. The lowest BCUT2D eigenvalue weighted by Crippen LogP contribution is -2.28. The molecule has 6 heteroatoms. The Morgan fingerprint density at radius 2 is 2.26 bits per heavy atom.